The zero-order valence-electron chi connectivity index (χ0n) is 15.9. The fourth-order valence-electron chi connectivity index (χ4n) is 6.20. The fourth-order valence-corrected chi connectivity index (χ4v) is 8.67. The number of nitrogens with zero attached hydrogens (tertiary/aromatic N) is 2. The molecule has 2 atom stereocenters. The number of hydrogen-bond donors (Lipinski definition) is 2. The maximum atomic E-state index is 11.5. The fraction of sp³-hybridized carbons (Fsp3) is 0.120. The van der Waals surface area contributed by atoms with Crippen LogP contribution in [0.25, 0.3) is 0 Å². The molecule has 0 amide bonds. The van der Waals surface area contributed by atoms with Crippen molar-refractivity contribution in [2.75, 3.05) is 0 Å². The average Bonchev–Trinajstić information content (AvgIpc) is 3.30. The molecule has 0 aromatic heterocycles. The van der Waals surface area contributed by atoms with Crippen molar-refractivity contribution < 1.29 is 10.2 Å². The third-order valence-corrected chi connectivity index (χ3v) is 9.79. The first-order valence-electron chi connectivity index (χ1n) is 9.85. The Kier molecular flexibility index (Phi) is 3.07. The predicted molar refractivity (Wildman–Crippen MR) is 117 cm³/mol. The number of nitriles is 2. The van der Waals surface area contributed by atoms with E-state index in [9.17, 15) is 20.7 Å². The van der Waals surface area contributed by atoms with Crippen LogP contribution in [-0.4, -0.2) is 10.2 Å². The van der Waals surface area contributed by atoms with Gasteiger partial charge in [-0.3, -0.25) is 0 Å². The van der Waals surface area contributed by atoms with Gasteiger partial charge >= 0.3 is 0 Å². The molecule has 7 rings (SSSR count). The summed E-state index contributed by atoms with van der Waals surface area (Å²) in [4.78, 5) is 1.09. The second kappa shape index (κ2) is 5.48. The van der Waals surface area contributed by atoms with Crippen LogP contribution in [0.1, 0.15) is 45.2 Å². The quantitative estimate of drug-likeness (QED) is 0.360. The topological polar surface area (TPSA) is 88.0 Å². The standard InChI is InChI=1S/C25H12N2O2S2/c26-9-11(10-27)24-30-22-20(28)16-17(21(29)23(22)31-24)19-13-6-2-4-8-15(13)25(19)14-7-3-1-5-12(14)18(16)25/h1-8,18-19,28-29H. The maximum Gasteiger partial charge on any atom is 0.150 e. The molecule has 0 saturated heterocycles. The summed E-state index contributed by atoms with van der Waals surface area (Å²) in [6.07, 6.45) is 0. The van der Waals surface area contributed by atoms with Gasteiger partial charge in [-0.2, -0.15) is 10.5 Å². The summed E-state index contributed by atoms with van der Waals surface area (Å²) >= 11 is 2.40. The van der Waals surface area contributed by atoms with Gasteiger partial charge in [0.25, 0.3) is 0 Å². The molecule has 0 fully saturated rings. The average molecular weight is 437 g/mol. The van der Waals surface area contributed by atoms with Crippen LogP contribution in [0.3, 0.4) is 0 Å². The highest BCUT2D eigenvalue weighted by Gasteiger charge is 2.71. The zero-order chi connectivity index (χ0) is 21.1. The van der Waals surface area contributed by atoms with E-state index in [1.54, 1.807) is 0 Å². The van der Waals surface area contributed by atoms with Gasteiger partial charge in [-0.15, -0.1) is 0 Å². The Labute approximate surface area is 186 Å². The minimum Gasteiger partial charge on any atom is -0.506 e. The second-order valence-electron chi connectivity index (χ2n) is 8.18. The Balaban J connectivity index is 1.55. The molecule has 0 radical (unpaired) electrons. The lowest BCUT2D eigenvalue weighted by molar-refractivity contribution is 0.325. The SMILES string of the molecule is N#CC(C#N)=C1Sc2c(O)c3c(c(O)c2S1)C1c2ccccc2C12c1ccccc1C32. The van der Waals surface area contributed by atoms with E-state index in [-0.39, 0.29) is 34.3 Å². The number of aromatic hydroxyl groups is 2. The molecule has 2 unspecified atom stereocenters. The van der Waals surface area contributed by atoms with Crippen molar-refractivity contribution in [3.8, 4) is 23.6 Å². The minimum atomic E-state index is -0.238. The Morgan fingerprint density at radius 2 is 1.23 bits per heavy atom. The van der Waals surface area contributed by atoms with Crippen LogP contribution in [0, 0.1) is 22.7 Å². The molecule has 4 nitrogen and oxygen atoms in total. The molecular formula is C25H12N2O2S2. The van der Waals surface area contributed by atoms with Gasteiger partial charge in [-0.1, -0.05) is 72.1 Å². The van der Waals surface area contributed by atoms with Crippen LogP contribution in [-0.2, 0) is 5.41 Å². The number of allylic oxidation sites excluding steroid dienone is 1. The van der Waals surface area contributed by atoms with E-state index in [0.717, 1.165) is 11.1 Å². The smallest absolute Gasteiger partial charge is 0.150 e. The first-order valence-corrected chi connectivity index (χ1v) is 11.5. The lowest BCUT2D eigenvalue weighted by Crippen LogP contribution is -2.52. The van der Waals surface area contributed by atoms with Crippen LogP contribution in [0.15, 0.2) is 68.1 Å². The van der Waals surface area contributed by atoms with Crippen molar-refractivity contribution in [1.29, 1.82) is 10.5 Å². The van der Waals surface area contributed by atoms with Crippen LogP contribution < -0.4 is 0 Å². The summed E-state index contributed by atoms with van der Waals surface area (Å²) in [5.74, 6) is 0.314. The molecule has 3 aliphatic carbocycles. The molecule has 3 aromatic carbocycles. The molecule has 146 valence electrons. The molecular weight excluding hydrogens is 424 g/mol. The number of thioether (sulfide) groups is 2. The summed E-state index contributed by atoms with van der Waals surface area (Å²) in [6.45, 7) is 0. The molecule has 2 N–H and O–H groups in total. The Hall–Kier alpha value is -3.32. The molecule has 1 heterocycles. The van der Waals surface area contributed by atoms with Crippen LogP contribution in [0.5, 0.6) is 11.5 Å². The molecule has 4 aliphatic rings. The van der Waals surface area contributed by atoms with Gasteiger partial charge in [0.05, 0.1) is 14.0 Å². The van der Waals surface area contributed by atoms with Crippen molar-refractivity contribution in [2.45, 2.75) is 27.0 Å². The van der Waals surface area contributed by atoms with E-state index in [0.29, 0.717) is 14.0 Å². The molecule has 0 bridgehead atoms. The lowest BCUT2D eigenvalue weighted by Gasteiger charge is -2.58. The molecule has 1 aliphatic heterocycles. The van der Waals surface area contributed by atoms with Gasteiger partial charge in [0.1, 0.15) is 29.2 Å². The van der Waals surface area contributed by atoms with Gasteiger partial charge in [0.15, 0.2) is 0 Å². The molecule has 3 aromatic rings. The summed E-state index contributed by atoms with van der Waals surface area (Å²) in [5, 5.41) is 41.5. The number of phenols is 2. The van der Waals surface area contributed by atoms with Gasteiger partial charge < -0.3 is 10.2 Å². The van der Waals surface area contributed by atoms with E-state index >= 15 is 0 Å². The molecule has 6 heteroatoms. The molecule has 0 saturated carbocycles. The van der Waals surface area contributed by atoms with Gasteiger partial charge in [-0.25, -0.2) is 0 Å². The highest BCUT2D eigenvalue weighted by atomic mass is 32.2. The van der Waals surface area contributed by atoms with Crippen molar-refractivity contribution in [3.63, 3.8) is 0 Å². The minimum absolute atomic E-state index is 0.00230. The summed E-state index contributed by atoms with van der Waals surface area (Å²) in [5.41, 5.74) is 6.28. The largest absolute Gasteiger partial charge is 0.506 e. The van der Waals surface area contributed by atoms with E-state index < -0.39 is 0 Å². The van der Waals surface area contributed by atoms with E-state index in [2.05, 4.69) is 36.4 Å². The maximum absolute atomic E-state index is 11.5. The number of benzene rings is 3. The van der Waals surface area contributed by atoms with E-state index in [1.807, 2.05) is 24.3 Å². The lowest BCUT2D eigenvalue weighted by atomic mass is 9.43. The summed E-state index contributed by atoms with van der Waals surface area (Å²) in [7, 11) is 0. The van der Waals surface area contributed by atoms with E-state index in [1.165, 1.54) is 45.8 Å². The number of fused-ring (bicyclic) bond motifs is 8. The van der Waals surface area contributed by atoms with Gasteiger partial charge in [-0.05, 0) is 22.3 Å². The number of rotatable bonds is 0. The first kappa shape index (κ1) is 17.4. The van der Waals surface area contributed by atoms with Crippen molar-refractivity contribution in [2.24, 2.45) is 0 Å². The third kappa shape index (κ3) is 1.67. The highest BCUT2D eigenvalue weighted by Crippen LogP contribution is 2.80. The summed E-state index contributed by atoms with van der Waals surface area (Å²) < 4.78 is 0.503. The van der Waals surface area contributed by atoms with Gasteiger partial charge in [0.2, 0.25) is 0 Å². The number of hydrogen-bond acceptors (Lipinski definition) is 6. The van der Waals surface area contributed by atoms with Crippen molar-refractivity contribution in [3.05, 3.63) is 91.7 Å². The zero-order valence-corrected chi connectivity index (χ0v) is 17.5. The monoisotopic (exact) mass is 436 g/mol. The predicted octanol–water partition coefficient (Wildman–Crippen LogP) is 5.44. The third-order valence-electron chi connectivity index (χ3n) is 7.18. The van der Waals surface area contributed by atoms with Crippen LogP contribution in [0.4, 0.5) is 0 Å². The van der Waals surface area contributed by atoms with Crippen LogP contribution >= 0.6 is 23.5 Å². The van der Waals surface area contributed by atoms with Crippen molar-refractivity contribution >= 4 is 23.5 Å². The Morgan fingerprint density at radius 3 is 1.68 bits per heavy atom. The molecule has 31 heavy (non-hydrogen) atoms. The van der Waals surface area contributed by atoms with Crippen molar-refractivity contribution in [1.82, 2.24) is 0 Å². The molecule has 1 spiro atoms. The van der Waals surface area contributed by atoms with E-state index in [4.69, 9.17) is 0 Å². The summed E-state index contributed by atoms with van der Waals surface area (Å²) in [6, 6.07) is 20.5. The Bertz CT molecular complexity index is 1400. The highest BCUT2D eigenvalue weighted by molar-refractivity contribution is 8.24. The second-order valence-corrected chi connectivity index (χ2v) is 10.5. The first-order chi connectivity index (χ1) is 15.1. The normalized spacial score (nSPS) is 24.8. The van der Waals surface area contributed by atoms with Gasteiger partial charge in [0, 0.05) is 28.4 Å². The number of phenolic OH excluding ortho intramolecular Hbond substituents is 2. The Morgan fingerprint density at radius 1 is 0.774 bits per heavy atom. The van der Waals surface area contributed by atoms with Crippen LogP contribution in [0.2, 0.25) is 0 Å².